The van der Waals surface area contributed by atoms with Gasteiger partial charge >= 0.3 is 0 Å². The Balaban J connectivity index is 2.65. The van der Waals surface area contributed by atoms with Gasteiger partial charge in [0.15, 0.2) is 0 Å². The molecule has 0 bridgehead atoms. The number of primary amides is 1. The lowest BCUT2D eigenvalue weighted by molar-refractivity contribution is -0.117. The summed E-state index contributed by atoms with van der Waals surface area (Å²) in [6.45, 7) is 0.139. The summed E-state index contributed by atoms with van der Waals surface area (Å²) in [5.74, 6) is -1.01. The van der Waals surface area contributed by atoms with Crippen LogP contribution in [-0.2, 0) is 4.79 Å². The van der Waals surface area contributed by atoms with Gasteiger partial charge in [0.25, 0.3) is 5.91 Å². The quantitative estimate of drug-likeness (QED) is 0.724. The molecule has 0 unspecified atom stereocenters. The van der Waals surface area contributed by atoms with Crippen LogP contribution in [0.1, 0.15) is 16.8 Å². The van der Waals surface area contributed by atoms with Gasteiger partial charge in [-0.25, -0.2) is 0 Å². The standard InChI is InChI=1S/C10H11ClN2O3/c11-8-2-1-6(14)5-7(8)10(16)13-4-3-9(12)15/h1-2,5,14H,3-4H2,(H2,12,15)(H,13,16). The molecule has 0 aromatic heterocycles. The molecule has 1 aromatic rings. The largest absolute Gasteiger partial charge is 0.508 e. The normalized spacial score (nSPS) is 9.81. The van der Waals surface area contributed by atoms with Gasteiger partial charge in [-0.05, 0) is 18.2 Å². The van der Waals surface area contributed by atoms with Gasteiger partial charge in [-0.2, -0.15) is 0 Å². The maximum Gasteiger partial charge on any atom is 0.252 e. The van der Waals surface area contributed by atoms with Gasteiger partial charge in [0, 0.05) is 13.0 Å². The van der Waals surface area contributed by atoms with E-state index in [4.69, 9.17) is 17.3 Å². The van der Waals surface area contributed by atoms with Crippen LogP contribution in [0.4, 0.5) is 0 Å². The van der Waals surface area contributed by atoms with E-state index in [1.54, 1.807) is 0 Å². The lowest BCUT2D eigenvalue weighted by Gasteiger charge is -2.05. The highest BCUT2D eigenvalue weighted by Gasteiger charge is 2.10. The zero-order chi connectivity index (χ0) is 12.1. The van der Waals surface area contributed by atoms with Crippen LogP contribution in [0, 0.1) is 0 Å². The minimum atomic E-state index is -0.498. The minimum absolute atomic E-state index is 0.0514. The van der Waals surface area contributed by atoms with Crippen molar-refractivity contribution in [1.82, 2.24) is 5.32 Å². The third kappa shape index (κ3) is 3.43. The first-order valence-corrected chi connectivity index (χ1v) is 4.93. The highest BCUT2D eigenvalue weighted by atomic mass is 35.5. The average Bonchev–Trinajstić information content (AvgIpc) is 2.21. The fraction of sp³-hybridized carbons (Fsp3) is 0.200. The van der Waals surface area contributed by atoms with Gasteiger partial charge in [-0.3, -0.25) is 9.59 Å². The molecule has 0 aliphatic heterocycles. The van der Waals surface area contributed by atoms with E-state index in [1.807, 2.05) is 0 Å². The zero-order valence-corrected chi connectivity index (χ0v) is 9.12. The highest BCUT2D eigenvalue weighted by molar-refractivity contribution is 6.33. The number of halogens is 1. The maximum absolute atomic E-state index is 11.5. The molecule has 0 fully saturated rings. The molecule has 1 aromatic carbocycles. The number of aromatic hydroxyl groups is 1. The summed E-state index contributed by atoms with van der Waals surface area (Å²) in [4.78, 5) is 22.0. The number of phenols is 1. The summed E-state index contributed by atoms with van der Waals surface area (Å²) in [5, 5.41) is 11.9. The molecule has 0 heterocycles. The Morgan fingerprint density at radius 3 is 2.75 bits per heavy atom. The van der Waals surface area contributed by atoms with Gasteiger partial charge in [-0.1, -0.05) is 11.6 Å². The molecule has 16 heavy (non-hydrogen) atoms. The number of nitrogens with two attached hydrogens (primary N) is 1. The summed E-state index contributed by atoms with van der Waals surface area (Å²) in [7, 11) is 0. The number of nitrogens with one attached hydrogen (secondary N) is 1. The Morgan fingerprint density at radius 1 is 1.44 bits per heavy atom. The third-order valence-corrected chi connectivity index (χ3v) is 2.18. The Kier molecular flexibility index (Phi) is 4.13. The van der Waals surface area contributed by atoms with E-state index >= 15 is 0 Å². The predicted octanol–water partition coefficient (Wildman–Crippen LogP) is 0.651. The van der Waals surface area contributed by atoms with Crippen LogP contribution in [0.2, 0.25) is 5.02 Å². The van der Waals surface area contributed by atoms with E-state index in [9.17, 15) is 14.7 Å². The van der Waals surface area contributed by atoms with Gasteiger partial charge in [-0.15, -0.1) is 0 Å². The predicted molar refractivity (Wildman–Crippen MR) is 59.3 cm³/mol. The van der Waals surface area contributed by atoms with E-state index in [2.05, 4.69) is 5.32 Å². The lowest BCUT2D eigenvalue weighted by Crippen LogP contribution is -2.28. The van der Waals surface area contributed by atoms with E-state index in [0.717, 1.165) is 0 Å². The molecule has 0 radical (unpaired) electrons. The number of benzene rings is 1. The highest BCUT2D eigenvalue weighted by Crippen LogP contribution is 2.20. The summed E-state index contributed by atoms with van der Waals surface area (Å²) in [5.41, 5.74) is 5.07. The molecular formula is C10H11ClN2O3. The molecular weight excluding hydrogens is 232 g/mol. The monoisotopic (exact) mass is 242 g/mol. The van der Waals surface area contributed by atoms with Crippen LogP contribution < -0.4 is 11.1 Å². The molecule has 0 saturated heterocycles. The van der Waals surface area contributed by atoms with Gasteiger partial charge in [0.2, 0.25) is 5.91 Å². The summed E-state index contributed by atoms with van der Waals surface area (Å²) in [6.07, 6.45) is 0.0577. The van der Waals surface area contributed by atoms with Crippen molar-refractivity contribution in [3.05, 3.63) is 28.8 Å². The molecule has 6 heteroatoms. The van der Waals surface area contributed by atoms with Crippen LogP contribution in [0.15, 0.2) is 18.2 Å². The minimum Gasteiger partial charge on any atom is -0.508 e. The second kappa shape index (κ2) is 5.37. The first-order valence-electron chi connectivity index (χ1n) is 4.55. The molecule has 5 nitrogen and oxygen atoms in total. The molecule has 0 aliphatic rings. The van der Waals surface area contributed by atoms with Gasteiger partial charge < -0.3 is 16.2 Å². The molecule has 0 spiro atoms. The number of rotatable bonds is 4. The lowest BCUT2D eigenvalue weighted by atomic mass is 10.2. The van der Waals surface area contributed by atoms with Crippen molar-refractivity contribution in [2.45, 2.75) is 6.42 Å². The van der Waals surface area contributed by atoms with Crippen molar-refractivity contribution in [2.24, 2.45) is 5.73 Å². The second-order valence-electron chi connectivity index (χ2n) is 3.14. The second-order valence-corrected chi connectivity index (χ2v) is 3.54. The Morgan fingerprint density at radius 2 is 2.12 bits per heavy atom. The molecule has 86 valence electrons. The fourth-order valence-corrected chi connectivity index (χ4v) is 1.29. The first kappa shape index (κ1) is 12.3. The fourth-order valence-electron chi connectivity index (χ4n) is 1.08. The van der Waals surface area contributed by atoms with Crippen molar-refractivity contribution in [1.29, 1.82) is 0 Å². The third-order valence-electron chi connectivity index (χ3n) is 1.85. The van der Waals surface area contributed by atoms with Crippen molar-refractivity contribution < 1.29 is 14.7 Å². The number of phenolic OH excluding ortho intramolecular Hbond substituents is 1. The summed E-state index contributed by atoms with van der Waals surface area (Å²) < 4.78 is 0. The maximum atomic E-state index is 11.5. The number of hydrogen-bond donors (Lipinski definition) is 3. The topological polar surface area (TPSA) is 92.4 Å². The summed E-state index contributed by atoms with van der Waals surface area (Å²) in [6, 6.07) is 4.05. The van der Waals surface area contributed by atoms with Crippen LogP contribution in [0.3, 0.4) is 0 Å². The van der Waals surface area contributed by atoms with E-state index in [0.29, 0.717) is 0 Å². The van der Waals surface area contributed by atoms with E-state index in [1.165, 1.54) is 18.2 Å². The van der Waals surface area contributed by atoms with Crippen molar-refractivity contribution in [3.8, 4) is 5.75 Å². The molecule has 1 rings (SSSR count). The SMILES string of the molecule is NC(=O)CCNC(=O)c1cc(O)ccc1Cl. The van der Waals surface area contributed by atoms with Gasteiger partial charge in [0.05, 0.1) is 10.6 Å². The van der Waals surface area contributed by atoms with Crippen molar-refractivity contribution in [2.75, 3.05) is 6.54 Å². The van der Waals surface area contributed by atoms with E-state index in [-0.39, 0.29) is 29.3 Å². The number of hydrogen-bond acceptors (Lipinski definition) is 3. The smallest absolute Gasteiger partial charge is 0.252 e. The van der Waals surface area contributed by atoms with Crippen LogP contribution >= 0.6 is 11.6 Å². The summed E-state index contributed by atoms with van der Waals surface area (Å²) >= 11 is 5.77. The van der Waals surface area contributed by atoms with Crippen LogP contribution in [0.25, 0.3) is 0 Å². The van der Waals surface area contributed by atoms with Crippen LogP contribution in [0.5, 0.6) is 5.75 Å². The zero-order valence-electron chi connectivity index (χ0n) is 8.37. The van der Waals surface area contributed by atoms with Gasteiger partial charge in [0.1, 0.15) is 5.75 Å². The average molecular weight is 243 g/mol. The van der Waals surface area contributed by atoms with E-state index < -0.39 is 11.8 Å². The first-order chi connectivity index (χ1) is 7.50. The van der Waals surface area contributed by atoms with Crippen LogP contribution in [-0.4, -0.2) is 23.5 Å². The molecule has 2 amide bonds. The number of carbonyl (C=O) groups excluding carboxylic acids is 2. The molecule has 0 atom stereocenters. The Bertz CT molecular complexity index is 421. The molecule has 0 saturated carbocycles. The van der Waals surface area contributed by atoms with Crippen molar-refractivity contribution in [3.63, 3.8) is 0 Å². The van der Waals surface area contributed by atoms with Crippen molar-refractivity contribution >= 4 is 23.4 Å². The number of amides is 2. The Hall–Kier alpha value is -1.75. The Labute approximate surface area is 97.2 Å². The number of carbonyl (C=O) groups is 2. The molecule has 0 aliphatic carbocycles. The molecule has 4 N–H and O–H groups in total.